The standard InChI is InChI=1S/C21H20N6.H2/c1-2-6-15(7-3-1)18-14-27(13-12-22-18)19-10-4-9-17(24-19)20-16-8-5-11-23-21(16)26-25-20;/h1-11,18,22H,12-14H2,(H,23,25,26);1H/t18-;/m1./s1. The number of nitrogens with one attached hydrogen (secondary N) is 2. The Hall–Kier alpha value is -3.25. The lowest BCUT2D eigenvalue weighted by atomic mass is 10.0. The summed E-state index contributed by atoms with van der Waals surface area (Å²) in [4.78, 5) is 11.6. The third-order valence-electron chi connectivity index (χ3n) is 5.02. The number of pyridine rings is 2. The van der Waals surface area contributed by atoms with E-state index >= 15 is 0 Å². The number of hydrogen-bond acceptors (Lipinski definition) is 5. The molecule has 0 amide bonds. The monoisotopic (exact) mass is 358 g/mol. The van der Waals surface area contributed by atoms with Crippen LogP contribution in [0.15, 0.2) is 66.9 Å². The molecule has 1 atom stereocenters. The van der Waals surface area contributed by atoms with Crippen LogP contribution < -0.4 is 10.2 Å². The third kappa shape index (κ3) is 3.04. The third-order valence-corrected chi connectivity index (χ3v) is 5.02. The molecule has 6 nitrogen and oxygen atoms in total. The van der Waals surface area contributed by atoms with Crippen molar-refractivity contribution in [3.8, 4) is 11.4 Å². The van der Waals surface area contributed by atoms with Gasteiger partial charge in [0.15, 0.2) is 5.65 Å². The van der Waals surface area contributed by atoms with Gasteiger partial charge >= 0.3 is 0 Å². The molecule has 1 aliphatic rings. The fraction of sp³-hybridized carbons (Fsp3) is 0.190. The van der Waals surface area contributed by atoms with Crippen molar-refractivity contribution in [2.24, 2.45) is 0 Å². The lowest BCUT2D eigenvalue weighted by molar-refractivity contribution is 0.470. The van der Waals surface area contributed by atoms with Crippen LogP contribution >= 0.6 is 0 Å². The van der Waals surface area contributed by atoms with Gasteiger partial charge in [-0.1, -0.05) is 36.4 Å². The van der Waals surface area contributed by atoms with E-state index in [0.717, 1.165) is 42.2 Å². The van der Waals surface area contributed by atoms with E-state index in [1.807, 2.05) is 18.2 Å². The van der Waals surface area contributed by atoms with Crippen molar-refractivity contribution < 1.29 is 1.43 Å². The normalized spacial score (nSPS) is 17.3. The van der Waals surface area contributed by atoms with E-state index in [1.165, 1.54) is 5.56 Å². The van der Waals surface area contributed by atoms with Crippen LogP contribution in [0, 0.1) is 0 Å². The number of rotatable bonds is 3. The predicted molar refractivity (Wildman–Crippen MR) is 109 cm³/mol. The molecule has 1 saturated heterocycles. The van der Waals surface area contributed by atoms with E-state index in [4.69, 9.17) is 4.98 Å². The lowest BCUT2D eigenvalue weighted by Gasteiger charge is -2.35. The van der Waals surface area contributed by atoms with Crippen molar-refractivity contribution in [1.29, 1.82) is 0 Å². The van der Waals surface area contributed by atoms with E-state index in [-0.39, 0.29) is 1.43 Å². The van der Waals surface area contributed by atoms with E-state index in [0.29, 0.717) is 11.7 Å². The Kier molecular flexibility index (Phi) is 4.03. The Balaban J connectivity index is 0.00000192. The second-order valence-electron chi connectivity index (χ2n) is 6.72. The van der Waals surface area contributed by atoms with Crippen LogP contribution in [0.3, 0.4) is 0 Å². The molecule has 0 unspecified atom stereocenters. The molecule has 0 bridgehead atoms. The summed E-state index contributed by atoms with van der Waals surface area (Å²) in [5, 5.41) is 12.0. The van der Waals surface area contributed by atoms with Gasteiger partial charge in [0.05, 0.1) is 11.4 Å². The number of benzene rings is 1. The molecular weight excluding hydrogens is 336 g/mol. The van der Waals surface area contributed by atoms with Crippen LogP contribution in [-0.2, 0) is 0 Å². The summed E-state index contributed by atoms with van der Waals surface area (Å²) in [5.74, 6) is 0.988. The molecule has 0 radical (unpaired) electrons. The molecule has 5 rings (SSSR count). The maximum Gasteiger partial charge on any atom is 0.181 e. The highest BCUT2D eigenvalue weighted by Crippen LogP contribution is 2.27. The van der Waals surface area contributed by atoms with E-state index < -0.39 is 0 Å². The minimum absolute atomic E-state index is 0. The minimum Gasteiger partial charge on any atom is -0.353 e. The molecular formula is C21H22N6. The summed E-state index contributed by atoms with van der Waals surface area (Å²) in [6.07, 6.45) is 1.75. The number of anilines is 1. The molecule has 2 N–H and O–H groups in total. The number of aromatic amines is 1. The first-order valence-electron chi connectivity index (χ1n) is 9.18. The first-order chi connectivity index (χ1) is 13.4. The van der Waals surface area contributed by atoms with E-state index in [2.05, 4.69) is 67.9 Å². The summed E-state index contributed by atoms with van der Waals surface area (Å²) in [6.45, 7) is 2.76. The van der Waals surface area contributed by atoms with Crippen LogP contribution in [0.2, 0.25) is 0 Å². The summed E-state index contributed by atoms with van der Waals surface area (Å²) in [6, 6.07) is 21.0. The second-order valence-corrected chi connectivity index (χ2v) is 6.72. The minimum atomic E-state index is 0. The highest BCUT2D eigenvalue weighted by Gasteiger charge is 2.22. The number of piperazine rings is 1. The Morgan fingerprint density at radius 2 is 1.93 bits per heavy atom. The summed E-state index contributed by atoms with van der Waals surface area (Å²) >= 11 is 0. The topological polar surface area (TPSA) is 69.7 Å². The fourth-order valence-electron chi connectivity index (χ4n) is 3.65. The molecule has 1 aromatic carbocycles. The number of aromatic nitrogens is 4. The molecule has 136 valence electrons. The van der Waals surface area contributed by atoms with Crippen molar-refractivity contribution in [1.82, 2.24) is 25.5 Å². The molecule has 1 fully saturated rings. The van der Waals surface area contributed by atoms with E-state index in [9.17, 15) is 0 Å². The molecule has 0 saturated carbocycles. The molecule has 0 spiro atoms. The highest BCUT2D eigenvalue weighted by molar-refractivity contribution is 5.89. The van der Waals surface area contributed by atoms with Gasteiger partial charge in [0.2, 0.25) is 0 Å². The van der Waals surface area contributed by atoms with Crippen LogP contribution in [0.5, 0.6) is 0 Å². The average molecular weight is 358 g/mol. The second kappa shape index (κ2) is 6.81. The van der Waals surface area contributed by atoms with Gasteiger partial charge in [0.1, 0.15) is 5.82 Å². The van der Waals surface area contributed by atoms with Gasteiger partial charge in [-0.25, -0.2) is 9.97 Å². The largest absolute Gasteiger partial charge is 0.353 e. The molecule has 3 aromatic heterocycles. The molecule has 4 heterocycles. The molecule has 1 aliphatic heterocycles. The lowest BCUT2D eigenvalue weighted by Crippen LogP contribution is -2.46. The zero-order valence-corrected chi connectivity index (χ0v) is 14.8. The fourth-order valence-corrected chi connectivity index (χ4v) is 3.65. The van der Waals surface area contributed by atoms with Gasteiger partial charge in [0.25, 0.3) is 0 Å². The van der Waals surface area contributed by atoms with Gasteiger partial charge < -0.3 is 10.2 Å². The van der Waals surface area contributed by atoms with Crippen LogP contribution in [-0.4, -0.2) is 39.8 Å². The first kappa shape index (κ1) is 16.0. The predicted octanol–water partition coefficient (Wildman–Crippen LogP) is 3.42. The van der Waals surface area contributed by atoms with Crippen molar-refractivity contribution >= 4 is 16.9 Å². The Morgan fingerprint density at radius 3 is 2.85 bits per heavy atom. The number of hydrogen-bond donors (Lipinski definition) is 2. The summed E-state index contributed by atoms with van der Waals surface area (Å²) in [5.41, 5.74) is 3.82. The van der Waals surface area contributed by atoms with Crippen LogP contribution in [0.4, 0.5) is 5.82 Å². The Morgan fingerprint density at radius 1 is 1.00 bits per heavy atom. The van der Waals surface area contributed by atoms with Gasteiger partial charge in [-0.05, 0) is 29.8 Å². The first-order valence-corrected chi connectivity index (χ1v) is 9.18. The van der Waals surface area contributed by atoms with Gasteiger partial charge in [-0.15, -0.1) is 0 Å². The summed E-state index contributed by atoms with van der Waals surface area (Å²) < 4.78 is 0. The van der Waals surface area contributed by atoms with Gasteiger partial charge in [-0.3, -0.25) is 5.10 Å². The number of fused-ring (bicyclic) bond motifs is 1. The molecule has 27 heavy (non-hydrogen) atoms. The van der Waals surface area contributed by atoms with Gasteiger partial charge in [-0.2, -0.15) is 5.10 Å². The average Bonchev–Trinajstić information content (AvgIpc) is 3.19. The molecule has 0 aliphatic carbocycles. The Labute approximate surface area is 158 Å². The smallest absolute Gasteiger partial charge is 0.181 e. The highest BCUT2D eigenvalue weighted by atomic mass is 15.2. The van der Waals surface area contributed by atoms with Crippen molar-refractivity contribution in [3.63, 3.8) is 0 Å². The SMILES string of the molecule is [HH].c1ccc([C@H]2CN(c3cccc(-c4[nH]nc5ncccc45)n3)CCN2)cc1. The van der Waals surface area contributed by atoms with Crippen molar-refractivity contribution in [2.75, 3.05) is 24.5 Å². The molecule has 4 aromatic rings. The molecule has 6 heteroatoms. The quantitative estimate of drug-likeness (QED) is 0.587. The van der Waals surface area contributed by atoms with E-state index in [1.54, 1.807) is 6.20 Å². The number of H-pyrrole nitrogens is 1. The zero-order chi connectivity index (χ0) is 18.1. The Bertz CT molecular complexity index is 1060. The maximum absolute atomic E-state index is 4.92. The number of nitrogens with zero attached hydrogens (tertiary/aromatic N) is 4. The maximum atomic E-state index is 4.92. The van der Waals surface area contributed by atoms with Crippen LogP contribution in [0.1, 0.15) is 13.0 Å². The van der Waals surface area contributed by atoms with Crippen molar-refractivity contribution in [3.05, 3.63) is 72.4 Å². The summed E-state index contributed by atoms with van der Waals surface area (Å²) in [7, 11) is 0. The van der Waals surface area contributed by atoms with Crippen molar-refractivity contribution in [2.45, 2.75) is 6.04 Å². The zero-order valence-electron chi connectivity index (χ0n) is 14.8. The van der Waals surface area contributed by atoms with Crippen LogP contribution in [0.25, 0.3) is 22.4 Å². The van der Waals surface area contributed by atoms with Gasteiger partial charge in [0, 0.05) is 38.7 Å².